The fourth-order valence-corrected chi connectivity index (χ4v) is 3.35. The van der Waals surface area contributed by atoms with Crippen LogP contribution in [0.15, 0.2) is 78.9 Å². The van der Waals surface area contributed by atoms with Crippen LogP contribution in [0.1, 0.15) is 42.5 Å². The van der Waals surface area contributed by atoms with E-state index in [0.717, 1.165) is 35.7 Å². The number of rotatable bonds is 9. The van der Waals surface area contributed by atoms with Gasteiger partial charge in [0, 0.05) is 17.6 Å². The van der Waals surface area contributed by atoms with Gasteiger partial charge in [0.15, 0.2) is 0 Å². The van der Waals surface area contributed by atoms with Crippen molar-refractivity contribution in [2.75, 3.05) is 0 Å². The van der Waals surface area contributed by atoms with E-state index >= 15 is 0 Å². The smallest absolute Gasteiger partial charge is 0.120 e. The van der Waals surface area contributed by atoms with Crippen LogP contribution in [-0.4, -0.2) is 0 Å². The average molecular weight is 380 g/mol. The predicted octanol–water partition coefficient (Wildman–Crippen LogP) is 6.55. The highest BCUT2D eigenvalue weighted by Crippen LogP contribution is 2.21. The molecule has 140 valence electrons. The van der Waals surface area contributed by atoms with E-state index in [2.05, 4.69) is 54.7 Å². The summed E-state index contributed by atoms with van der Waals surface area (Å²) in [6, 6.07) is 27.1. The van der Waals surface area contributed by atoms with Crippen molar-refractivity contribution in [1.29, 1.82) is 0 Å². The molecule has 3 aromatic rings. The molecule has 0 amide bonds. The summed E-state index contributed by atoms with van der Waals surface area (Å²) >= 11 is 6.04. The quantitative estimate of drug-likeness (QED) is 0.455. The highest BCUT2D eigenvalue weighted by atomic mass is 35.5. The van der Waals surface area contributed by atoms with Crippen molar-refractivity contribution >= 4 is 11.6 Å². The fourth-order valence-electron chi connectivity index (χ4n) is 3.14. The van der Waals surface area contributed by atoms with Crippen LogP contribution in [0.5, 0.6) is 5.75 Å². The van der Waals surface area contributed by atoms with E-state index in [9.17, 15) is 0 Å². The maximum Gasteiger partial charge on any atom is 0.120 e. The molecule has 0 aliphatic rings. The van der Waals surface area contributed by atoms with Gasteiger partial charge in [-0.3, -0.25) is 0 Å². The van der Waals surface area contributed by atoms with E-state index < -0.39 is 0 Å². The summed E-state index contributed by atoms with van der Waals surface area (Å²) in [5.41, 5.74) is 3.63. The molecule has 1 unspecified atom stereocenters. The van der Waals surface area contributed by atoms with Crippen molar-refractivity contribution in [3.63, 3.8) is 0 Å². The van der Waals surface area contributed by atoms with E-state index in [1.807, 2.05) is 36.4 Å². The minimum atomic E-state index is 0.368. The van der Waals surface area contributed by atoms with Crippen molar-refractivity contribution in [2.24, 2.45) is 0 Å². The number of hydrogen-bond donors (Lipinski definition) is 1. The molecule has 1 atom stereocenters. The third kappa shape index (κ3) is 6.13. The number of halogens is 1. The second-order valence-electron chi connectivity index (χ2n) is 6.70. The first-order valence-electron chi connectivity index (χ1n) is 9.49. The molecule has 1 N–H and O–H groups in total. The molecular weight excluding hydrogens is 354 g/mol. The lowest BCUT2D eigenvalue weighted by Crippen LogP contribution is -2.20. The molecule has 0 bridgehead atoms. The van der Waals surface area contributed by atoms with E-state index in [1.54, 1.807) is 0 Å². The normalized spacial score (nSPS) is 11.9. The van der Waals surface area contributed by atoms with Crippen molar-refractivity contribution < 1.29 is 4.74 Å². The molecule has 0 saturated carbocycles. The first kappa shape index (κ1) is 19.5. The summed E-state index contributed by atoms with van der Waals surface area (Å²) < 4.78 is 5.94. The molecule has 2 nitrogen and oxygen atoms in total. The van der Waals surface area contributed by atoms with Gasteiger partial charge in [-0.15, -0.1) is 0 Å². The summed E-state index contributed by atoms with van der Waals surface area (Å²) in [5, 5.41) is 4.42. The van der Waals surface area contributed by atoms with Gasteiger partial charge in [-0.2, -0.15) is 0 Å². The zero-order valence-corrected chi connectivity index (χ0v) is 16.5. The maximum absolute atomic E-state index is 6.04. The molecule has 0 aliphatic carbocycles. The molecule has 0 aromatic heterocycles. The van der Waals surface area contributed by atoms with Gasteiger partial charge in [-0.1, -0.05) is 79.5 Å². The Morgan fingerprint density at radius 3 is 2.44 bits per heavy atom. The minimum Gasteiger partial charge on any atom is -0.489 e. The van der Waals surface area contributed by atoms with Gasteiger partial charge in [0.05, 0.1) is 0 Å². The maximum atomic E-state index is 6.04. The van der Waals surface area contributed by atoms with E-state index in [-0.39, 0.29) is 0 Å². The topological polar surface area (TPSA) is 21.3 Å². The Morgan fingerprint density at radius 1 is 0.889 bits per heavy atom. The van der Waals surface area contributed by atoms with Crippen molar-refractivity contribution in [3.05, 3.63) is 101 Å². The minimum absolute atomic E-state index is 0.368. The highest BCUT2D eigenvalue weighted by molar-refractivity contribution is 6.30. The van der Waals surface area contributed by atoms with Gasteiger partial charge in [0.25, 0.3) is 0 Å². The van der Waals surface area contributed by atoms with Crippen LogP contribution in [0.2, 0.25) is 5.02 Å². The molecule has 3 aromatic carbocycles. The van der Waals surface area contributed by atoms with Gasteiger partial charge in [0.2, 0.25) is 0 Å². The number of hydrogen-bond acceptors (Lipinski definition) is 2. The second-order valence-corrected chi connectivity index (χ2v) is 7.14. The Bertz CT molecular complexity index is 835. The van der Waals surface area contributed by atoms with Gasteiger partial charge in [0.1, 0.15) is 12.4 Å². The predicted molar refractivity (Wildman–Crippen MR) is 113 cm³/mol. The van der Waals surface area contributed by atoms with Crippen LogP contribution in [0.25, 0.3) is 0 Å². The summed E-state index contributed by atoms with van der Waals surface area (Å²) in [6.07, 6.45) is 2.27. The van der Waals surface area contributed by atoms with Crippen molar-refractivity contribution in [1.82, 2.24) is 5.32 Å². The number of benzene rings is 3. The molecule has 27 heavy (non-hydrogen) atoms. The Labute approximate surface area is 167 Å². The molecule has 0 heterocycles. The van der Waals surface area contributed by atoms with Gasteiger partial charge < -0.3 is 10.1 Å². The molecule has 3 rings (SSSR count). The molecule has 3 heteroatoms. The number of ether oxygens (including phenoxy) is 1. The van der Waals surface area contributed by atoms with Crippen LogP contribution in [-0.2, 0) is 13.2 Å². The number of nitrogens with one attached hydrogen (secondary N) is 1. The summed E-state index contributed by atoms with van der Waals surface area (Å²) in [4.78, 5) is 0. The Balaban J connectivity index is 1.59. The summed E-state index contributed by atoms with van der Waals surface area (Å²) in [6.45, 7) is 3.55. The Morgan fingerprint density at radius 2 is 1.67 bits per heavy atom. The average Bonchev–Trinajstić information content (AvgIpc) is 2.71. The van der Waals surface area contributed by atoms with Crippen LogP contribution in [0, 0.1) is 0 Å². The van der Waals surface area contributed by atoms with E-state index in [4.69, 9.17) is 16.3 Å². The summed E-state index contributed by atoms with van der Waals surface area (Å²) in [7, 11) is 0. The van der Waals surface area contributed by atoms with Crippen LogP contribution in [0.3, 0.4) is 0 Å². The molecule has 0 aliphatic heterocycles. The largest absolute Gasteiger partial charge is 0.489 e. The third-order valence-electron chi connectivity index (χ3n) is 4.52. The summed E-state index contributed by atoms with van der Waals surface area (Å²) in [5.74, 6) is 0.876. The Hall–Kier alpha value is -2.29. The first-order valence-corrected chi connectivity index (χ1v) is 9.87. The first-order chi connectivity index (χ1) is 13.2. The van der Waals surface area contributed by atoms with Crippen molar-refractivity contribution in [2.45, 2.75) is 39.0 Å². The SMILES string of the molecule is CCCC(NCc1cccc(OCc2cccc(Cl)c2)c1)c1ccccc1. The third-order valence-corrected chi connectivity index (χ3v) is 4.76. The molecule has 0 radical (unpaired) electrons. The standard InChI is InChI=1S/C24H26ClNO/c1-2-8-24(21-11-4-3-5-12-21)26-17-19-9-7-14-23(16-19)27-18-20-10-6-13-22(25)15-20/h3-7,9-16,24,26H,2,8,17-18H2,1H3. The molecular formula is C24H26ClNO. The van der Waals surface area contributed by atoms with E-state index in [1.165, 1.54) is 11.1 Å². The zero-order valence-electron chi connectivity index (χ0n) is 15.7. The lowest BCUT2D eigenvalue weighted by molar-refractivity contribution is 0.306. The van der Waals surface area contributed by atoms with Crippen molar-refractivity contribution in [3.8, 4) is 5.75 Å². The zero-order chi connectivity index (χ0) is 18.9. The van der Waals surface area contributed by atoms with Gasteiger partial charge in [-0.05, 0) is 47.4 Å². The van der Waals surface area contributed by atoms with E-state index in [0.29, 0.717) is 12.6 Å². The van der Waals surface area contributed by atoms with Gasteiger partial charge >= 0.3 is 0 Å². The molecule has 0 saturated heterocycles. The van der Waals surface area contributed by atoms with Crippen LogP contribution < -0.4 is 10.1 Å². The molecule has 0 fully saturated rings. The second kappa shape index (κ2) is 10.1. The molecule has 0 spiro atoms. The van der Waals surface area contributed by atoms with Gasteiger partial charge in [-0.25, -0.2) is 0 Å². The lowest BCUT2D eigenvalue weighted by Gasteiger charge is -2.19. The Kier molecular flexibility index (Phi) is 7.32. The highest BCUT2D eigenvalue weighted by Gasteiger charge is 2.09. The monoisotopic (exact) mass is 379 g/mol. The fraction of sp³-hybridized carbons (Fsp3) is 0.250. The van der Waals surface area contributed by atoms with Crippen LogP contribution in [0.4, 0.5) is 0 Å². The lowest BCUT2D eigenvalue weighted by atomic mass is 10.0. The van der Waals surface area contributed by atoms with Crippen LogP contribution >= 0.6 is 11.6 Å².